The van der Waals surface area contributed by atoms with E-state index in [1.54, 1.807) is 27.9 Å². The van der Waals surface area contributed by atoms with Crippen molar-refractivity contribution in [3.8, 4) is 5.75 Å². The lowest BCUT2D eigenvalue weighted by molar-refractivity contribution is -0.137. The number of halogens is 3. The maximum Gasteiger partial charge on any atom is 0.416 e. The second-order valence-electron chi connectivity index (χ2n) is 10.00. The van der Waals surface area contributed by atoms with Crippen molar-refractivity contribution in [3.05, 3.63) is 95.3 Å². The molecule has 5 rings (SSSR count). The molecule has 204 valence electrons. The molecule has 3 heterocycles. The van der Waals surface area contributed by atoms with Gasteiger partial charge in [0.05, 0.1) is 5.56 Å². The summed E-state index contributed by atoms with van der Waals surface area (Å²) in [5.74, 6) is 0.910. The average Bonchev–Trinajstić information content (AvgIpc) is 3.21. The van der Waals surface area contributed by atoms with Crippen molar-refractivity contribution < 1.29 is 23.1 Å². The number of fused-ring (bicyclic) bond motifs is 1. The molecule has 6 nitrogen and oxygen atoms in total. The number of alkyl halides is 3. The summed E-state index contributed by atoms with van der Waals surface area (Å²) < 4.78 is 40.1. The monoisotopic (exact) mass is 544 g/mol. The number of hydrogen-bond acceptors (Lipinski definition) is 4. The summed E-state index contributed by atoms with van der Waals surface area (Å²) in [4.78, 5) is 14.6. The molecule has 0 bridgehead atoms. The molecule has 1 saturated heterocycles. The molecule has 2 radical (unpaired) electrons. The summed E-state index contributed by atoms with van der Waals surface area (Å²) in [5, 5.41) is 18.4. The van der Waals surface area contributed by atoms with Crippen LogP contribution in [0.5, 0.6) is 5.75 Å². The van der Waals surface area contributed by atoms with Gasteiger partial charge in [0, 0.05) is 49.6 Å². The van der Waals surface area contributed by atoms with Crippen LogP contribution in [0.3, 0.4) is 0 Å². The number of piperidine rings is 1. The number of carbonyl (C=O) groups is 1. The van der Waals surface area contributed by atoms with Crippen LogP contribution in [-0.4, -0.2) is 53.2 Å². The molecule has 10 heteroatoms. The molecular formula is C30H28BF3N4O2. The van der Waals surface area contributed by atoms with Crippen molar-refractivity contribution in [2.75, 3.05) is 19.6 Å². The number of amides is 1. The molecule has 2 aliphatic rings. The Labute approximate surface area is 231 Å². The number of allylic oxidation sites excluding steroid dienone is 3. The van der Waals surface area contributed by atoms with Gasteiger partial charge >= 0.3 is 6.18 Å². The number of nitrogens with zero attached hydrogens (tertiary/aromatic N) is 3. The highest BCUT2D eigenvalue weighted by atomic mass is 19.4. The highest BCUT2D eigenvalue weighted by Crippen LogP contribution is 2.30. The summed E-state index contributed by atoms with van der Waals surface area (Å²) >= 11 is 0. The van der Waals surface area contributed by atoms with Crippen molar-refractivity contribution in [2.24, 2.45) is 5.92 Å². The molecule has 1 fully saturated rings. The molecular weight excluding hydrogens is 516 g/mol. The van der Waals surface area contributed by atoms with E-state index in [1.165, 1.54) is 24.3 Å². The smallest absolute Gasteiger partial charge is 0.416 e. The Morgan fingerprint density at radius 2 is 1.95 bits per heavy atom. The van der Waals surface area contributed by atoms with Crippen molar-refractivity contribution in [3.63, 3.8) is 0 Å². The third kappa shape index (κ3) is 6.16. The van der Waals surface area contributed by atoms with Gasteiger partial charge in [-0.05, 0) is 60.2 Å². The number of aromatic nitrogens is 2. The number of rotatable bonds is 6. The number of aromatic hydroxyl groups is 1. The summed E-state index contributed by atoms with van der Waals surface area (Å²) in [6, 6.07) is 11.9. The zero-order valence-electron chi connectivity index (χ0n) is 21.7. The first-order valence-corrected chi connectivity index (χ1v) is 13.1. The summed E-state index contributed by atoms with van der Waals surface area (Å²) in [6.07, 6.45) is 6.45. The Kier molecular flexibility index (Phi) is 7.86. The molecule has 0 saturated carbocycles. The van der Waals surface area contributed by atoms with E-state index in [-0.39, 0.29) is 17.6 Å². The number of phenols is 1. The van der Waals surface area contributed by atoms with Crippen molar-refractivity contribution in [1.82, 2.24) is 20.0 Å². The average molecular weight is 544 g/mol. The van der Waals surface area contributed by atoms with E-state index in [2.05, 4.69) is 10.4 Å². The van der Waals surface area contributed by atoms with Gasteiger partial charge in [-0.25, -0.2) is 4.68 Å². The fraction of sp³-hybridized carbons (Fsp3) is 0.267. The molecule has 3 aromatic rings. The zero-order valence-corrected chi connectivity index (χ0v) is 21.7. The van der Waals surface area contributed by atoms with E-state index in [0.717, 1.165) is 42.1 Å². The number of likely N-dealkylation sites (tertiary alicyclic amines) is 1. The minimum atomic E-state index is -4.39. The predicted octanol–water partition coefficient (Wildman–Crippen LogP) is 4.38. The Hall–Kier alpha value is -4.21. The Morgan fingerprint density at radius 1 is 1.18 bits per heavy atom. The number of phenolic OH excluding ortho intramolecular Hbond substituents is 1. The van der Waals surface area contributed by atoms with Crippen LogP contribution in [0.25, 0.3) is 17.5 Å². The van der Waals surface area contributed by atoms with Gasteiger partial charge < -0.3 is 15.3 Å². The zero-order chi connectivity index (χ0) is 28.3. The molecule has 2 aromatic carbocycles. The molecule has 0 spiro atoms. The van der Waals surface area contributed by atoms with Gasteiger partial charge in [0.2, 0.25) is 5.91 Å². The van der Waals surface area contributed by atoms with E-state index in [0.29, 0.717) is 42.6 Å². The Morgan fingerprint density at radius 3 is 2.70 bits per heavy atom. The minimum Gasteiger partial charge on any atom is -0.507 e. The maximum absolute atomic E-state index is 12.9. The molecule has 1 atom stereocenters. The van der Waals surface area contributed by atoms with Crippen LogP contribution in [-0.2, 0) is 17.4 Å². The molecule has 1 aromatic heterocycles. The van der Waals surface area contributed by atoms with E-state index in [1.807, 2.05) is 24.3 Å². The van der Waals surface area contributed by atoms with Gasteiger partial charge in [0.1, 0.15) is 19.4 Å². The van der Waals surface area contributed by atoms with Gasteiger partial charge in [0.15, 0.2) is 0 Å². The first kappa shape index (κ1) is 27.4. The summed E-state index contributed by atoms with van der Waals surface area (Å²) in [7, 11) is 6.18. The standard InChI is InChI=1S/C30H28BF3N4O2/c31-25-18-36-38-26(25)13-10-22(24-5-1-2-6-27(24)39)16-28(38)35-17-21-4-3-15-37(19-21)29(40)14-9-20-7-11-23(12-8-20)30(32,33)34/h1-2,5-12,14,16,18,21,35,39H,3-4,13,15,17,19H2/b14-9+. The fourth-order valence-corrected chi connectivity index (χ4v) is 5.04. The summed E-state index contributed by atoms with van der Waals surface area (Å²) in [5.41, 5.74) is 2.79. The molecule has 2 aliphatic heterocycles. The lowest BCUT2D eigenvalue weighted by Gasteiger charge is -2.32. The topological polar surface area (TPSA) is 70.4 Å². The van der Waals surface area contributed by atoms with Crippen molar-refractivity contribution in [1.29, 1.82) is 0 Å². The second kappa shape index (κ2) is 11.5. The van der Waals surface area contributed by atoms with E-state index < -0.39 is 11.7 Å². The van der Waals surface area contributed by atoms with Gasteiger partial charge in [-0.3, -0.25) is 4.79 Å². The first-order valence-electron chi connectivity index (χ1n) is 13.1. The van der Waals surface area contributed by atoms with Crippen LogP contribution >= 0.6 is 0 Å². The molecule has 1 amide bonds. The number of carbonyl (C=O) groups excluding carboxylic acids is 1. The first-order chi connectivity index (χ1) is 19.2. The van der Waals surface area contributed by atoms with Crippen molar-refractivity contribution in [2.45, 2.75) is 25.4 Å². The predicted molar refractivity (Wildman–Crippen MR) is 149 cm³/mol. The fourth-order valence-electron chi connectivity index (χ4n) is 5.04. The maximum atomic E-state index is 12.9. The number of hydrogen-bond donors (Lipinski definition) is 2. The number of nitrogens with one attached hydrogen (secondary N) is 1. The van der Waals surface area contributed by atoms with Crippen LogP contribution in [0.15, 0.2) is 73.0 Å². The van der Waals surface area contributed by atoms with Crippen LogP contribution in [0.2, 0.25) is 0 Å². The van der Waals surface area contributed by atoms with Crippen molar-refractivity contribution >= 4 is 36.7 Å². The van der Waals surface area contributed by atoms with E-state index >= 15 is 0 Å². The molecule has 40 heavy (non-hydrogen) atoms. The van der Waals surface area contributed by atoms with Gasteiger partial charge in [0.25, 0.3) is 0 Å². The summed E-state index contributed by atoms with van der Waals surface area (Å²) in [6.45, 7) is 1.76. The SMILES string of the molecule is [B]c1cnn2c1CC=C(c1ccccc1O)C=C2NCC1CCCN(C(=O)/C=C/c2ccc(C(F)(F)F)cc2)C1. The lowest BCUT2D eigenvalue weighted by atomic mass is 9.95. The lowest BCUT2D eigenvalue weighted by Crippen LogP contribution is -2.42. The van der Waals surface area contributed by atoms with E-state index in [9.17, 15) is 23.1 Å². The van der Waals surface area contributed by atoms with Gasteiger partial charge in [-0.2, -0.15) is 18.3 Å². The highest BCUT2D eigenvalue weighted by Gasteiger charge is 2.30. The quantitative estimate of drug-likeness (QED) is 0.357. The molecule has 2 N–H and O–H groups in total. The van der Waals surface area contributed by atoms with Gasteiger partial charge in [-0.1, -0.05) is 41.9 Å². The third-order valence-corrected chi connectivity index (χ3v) is 7.21. The van der Waals surface area contributed by atoms with Crippen LogP contribution in [0.1, 0.15) is 35.2 Å². The third-order valence-electron chi connectivity index (χ3n) is 7.21. The minimum absolute atomic E-state index is 0.176. The largest absolute Gasteiger partial charge is 0.507 e. The van der Waals surface area contributed by atoms with E-state index in [4.69, 9.17) is 7.85 Å². The number of para-hydroxylation sites is 1. The normalized spacial score (nSPS) is 17.7. The van der Waals surface area contributed by atoms with Crippen LogP contribution in [0.4, 0.5) is 13.2 Å². The van der Waals surface area contributed by atoms with Crippen LogP contribution < -0.4 is 10.8 Å². The number of benzene rings is 2. The van der Waals surface area contributed by atoms with Gasteiger partial charge in [-0.15, -0.1) is 0 Å². The molecule has 0 aliphatic carbocycles. The highest BCUT2D eigenvalue weighted by molar-refractivity contribution is 6.33. The molecule has 1 unspecified atom stereocenters. The second-order valence-corrected chi connectivity index (χ2v) is 10.00. The van der Waals surface area contributed by atoms with Crippen LogP contribution in [0, 0.1) is 5.92 Å². The Balaban J connectivity index is 1.25. The Bertz CT molecular complexity index is 1470.